The van der Waals surface area contributed by atoms with E-state index < -0.39 is 0 Å². The van der Waals surface area contributed by atoms with Gasteiger partial charge in [0.05, 0.1) is 23.2 Å². The molecule has 0 aromatic carbocycles. The minimum Gasteiger partial charge on any atom is -0.343 e. The normalized spacial score (nSPS) is 11.2. The summed E-state index contributed by atoms with van der Waals surface area (Å²) in [6.45, 7) is 3.71. The molecular formula is C17H15N5O3S. The standard InChI is InChI=1S/C17H15N5O3S/c1-9-6-12(15-10(2)21-25-17(15)19-9)16(23)18-8-14-20-13(22-24-14)7-11-4-3-5-26-11/h3-6H,7-8H2,1-2H3,(H,18,23). The summed E-state index contributed by atoms with van der Waals surface area (Å²) in [7, 11) is 0. The highest BCUT2D eigenvalue weighted by Gasteiger charge is 2.18. The molecule has 0 saturated carbocycles. The van der Waals surface area contributed by atoms with Crippen molar-refractivity contribution in [2.45, 2.75) is 26.8 Å². The first-order valence-corrected chi connectivity index (χ1v) is 8.84. The maximum absolute atomic E-state index is 12.6. The molecule has 26 heavy (non-hydrogen) atoms. The molecule has 4 heterocycles. The van der Waals surface area contributed by atoms with Crippen LogP contribution in [0.25, 0.3) is 11.1 Å². The van der Waals surface area contributed by atoms with Crippen LogP contribution in [0, 0.1) is 13.8 Å². The summed E-state index contributed by atoms with van der Waals surface area (Å²) >= 11 is 1.64. The van der Waals surface area contributed by atoms with Gasteiger partial charge in [-0.3, -0.25) is 4.79 Å². The highest BCUT2D eigenvalue weighted by molar-refractivity contribution is 7.09. The average molecular weight is 369 g/mol. The van der Waals surface area contributed by atoms with Crippen LogP contribution in [0.15, 0.2) is 32.6 Å². The van der Waals surface area contributed by atoms with Gasteiger partial charge >= 0.3 is 0 Å². The van der Waals surface area contributed by atoms with Crippen LogP contribution in [-0.2, 0) is 13.0 Å². The van der Waals surface area contributed by atoms with Crippen molar-refractivity contribution in [1.82, 2.24) is 25.6 Å². The van der Waals surface area contributed by atoms with E-state index in [-0.39, 0.29) is 12.5 Å². The molecule has 0 radical (unpaired) electrons. The number of carbonyl (C=O) groups is 1. The predicted molar refractivity (Wildman–Crippen MR) is 93.9 cm³/mol. The smallest absolute Gasteiger partial charge is 0.258 e. The zero-order chi connectivity index (χ0) is 18.1. The van der Waals surface area contributed by atoms with Crippen LogP contribution in [0.4, 0.5) is 0 Å². The van der Waals surface area contributed by atoms with E-state index in [0.717, 1.165) is 4.88 Å². The Kier molecular flexibility index (Phi) is 4.21. The number of amides is 1. The first-order valence-electron chi connectivity index (χ1n) is 7.96. The fourth-order valence-electron chi connectivity index (χ4n) is 2.65. The summed E-state index contributed by atoms with van der Waals surface area (Å²) in [6, 6.07) is 5.70. The van der Waals surface area contributed by atoms with Crippen LogP contribution in [0.3, 0.4) is 0 Å². The molecule has 1 amide bonds. The Morgan fingerprint density at radius 2 is 2.12 bits per heavy atom. The number of aromatic nitrogens is 4. The highest BCUT2D eigenvalue weighted by atomic mass is 32.1. The third-order valence-corrected chi connectivity index (χ3v) is 4.69. The van der Waals surface area contributed by atoms with Crippen molar-refractivity contribution < 1.29 is 13.8 Å². The quantitative estimate of drug-likeness (QED) is 0.576. The molecule has 0 atom stereocenters. The minimum absolute atomic E-state index is 0.142. The van der Waals surface area contributed by atoms with Gasteiger partial charge in [-0.1, -0.05) is 16.4 Å². The van der Waals surface area contributed by atoms with E-state index in [1.807, 2.05) is 17.5 Å². The summed E-state index contributed by atoms with van der Waals surface area (Å²) in [4.78, 5) is 22.3. The van der Waals surface area contributed by atoms with Crippen molar-refractivity contribution in [2.75, 3.05) is 0 Å². The molecular weight excluding hydrogens is 354 g/mol. The van der Waals surface area contributed by atoms with Crippen molar-refractivity contribution in [3.63, 3.8) is 0 Å². The maximum Gasteiger partial charge on any atom is 0.258 e. The van der Waals surface area contributed by atoms with Crippen molar-refractivity contribution in [3.8, 4) is 0 Å². The minimum atomic E-state index is -0.273. The Labute approximate surface area is 152 Å². The summed E-state index contributed by atoms with van der Waals surface area (Å²) < 4.78 is 10.4. The first kappa shape index (κ1) is 16.4. The number of carbonyl (C=O) groups excluding carboxylic acids is 1. The van der Waals surface area contributed by atoms with Crippen LogP contribution in [0.2, 0.25) is 0 Å². The van der Waals surface area contributed by atoms with Gasteiger partial charge in [0.2, 0.25) is 5.89 Å². The van der Waals surface area contributed by atoms with E-state index in [1.165, 1.54) is 0 Å². The number of rotatable bonds is 5. The third-order valence-electron chi connectivity index (χ3n) is 3.81. The van der Waals surface area contributed by atoms with Crippen LogP contribution < -0.4 is 5.32 Å². The summed E-state index contributed by atoms with van der Waals surface area (Å²) in [6.07, 6.45) is 0.610. The van der Waals surface area contributed by atoms with Gasteiger partial charge in [0.1, 0.15) is 0 Å². The SMILES string of the molecule is Cc1cc(C(=O)NCc2nc(Cc3cccs3)no2)c2c(C)noc2n1. The summed E-state index contributed by atoms with van der Waals surface area (Å²) in [5, 5.41) is 13.2. The number of hydrogen-bond acceptors (Lipinski definition) is 8. The zero-order valence-electron chi connectivity index (χ0n) is 14.1. The first-order chi connectivity index (χ1) is 12.6. The van der Waals surface area contributed by atoms with Gasteiger partial charge in [0.15, 0.2) is 5.82 Å². The van der Waals surface area contributed by atoms with Crippen LogP contribution >= 0.6 is 11.3 Å². The molecule has 132 valence electrons. The number of nitrogens with zero attached hydrogens (tertiary/aromatic N) is 4. The van der Waals surface area contributed by atoms with E-state index in [1.54, 1.807) is 31.3 Å². The molecule has 0 fully saturated rings. The van der Waals surface area contributed by atoms with E-state index >= 15 is 0 Å². The molecule has 4 aromatic heterocycles. The molecule has 1 N–H and O–H groups in total. The van der Waals surface area contributed by atoms with Crippen LogP contribution in [-0.4, -0.2) is 26.2 Å². The Balaban J connectivity index is 1.48. The lowest BCUT2D eigenvalue weighted by Gasteiger charge is -2.04. The largest absolute Gasteiger partial charge is 0.343 e. The number of aryl methyl sites for hydroxylation is 2. The van der Waals surface area contributed by atoms with E-state index in [0.29, 0.717) is 46.2 Å². The summed E-state index contributed by atoms with van der Waals surface area (Å²) in [5.74, 6) is 0.674. The van der Waals surface area contributed by atoms with Crippen molar-refractivity contribution in [3.05, 3.63) is 57.1 Å². The molecule has 0 saturated heterocycles. The van der Waals surface area contributed by atoms with Crippen molar-refractivity contribution in [1.29, 1.82) is 0 Å². The molecule has 0 bridgehead atoms. The topological polar surface area (TPSA) is 107 Å². The Hall–Kier alpha value is -3.07. The Morgan fingerprint density at radius 1 is 1.23 bits per heavy atom. The number of thiophene rings is 1. The number of pyridine rings is 1. The molecule has 0 aliphatic rings. The van der Waals surface area contributed by atoms with Gasteiger partial charge in [-0.25, -0.2) is 4.98 Å². The number of fused-ring (bicyclic) bond motifs is 1. The van der Waals surface area contributed by atoms with E-state index in [2.05, 4.69) is 25.6 Å². The van der Waals surface area contributed by atoms with Gasteiger partial charge < -0.3 is 14.4 Å². The fourth-order valence-corrected chi connectivity index (χ4v) is 3.35. The zero-order valence-corrected chi connectivity index (χ0v) is 15.0. The lowest BCUT2D eigenvalue weighted by molar-refractivity contribution is 0.0947. The Morgan fingerprint density at radius 3 is 2.92 bits per heavy atom. The maximum atomic E-state index is 12.6. The van der Waals surface area contributed by atoms with Crippen LogP contribution in [0.5, 0.6) is 0 Å². The molecule has 0 spiro atoms. The second-order valence-electron chi connectivity index (χ2n) is 5.80. The molecule has 4 aromatic rings. The molecule has 4 rings (SSSR count). The van der Waals surface area contributed by atoms with Gasteiger partial charge in [0.25, 0.3) is 11.6 Å². The Bertz CT molecular complexity index is 1070. The van der Waals surface area contributed by atoms with E-state index in [9.17, 15) is 4.79 Å². The summed E-state index contributed by atoms with van der Waals surface area (Å²) in [5.41, 5.74) is 2.11. The van der Waals surface area contributed by atoms with Crippen molar-refractivity contribution in [2.24, 2.45) is 0 Å². The average Bonchev–Trinajstić information content (AvgIpc) is 3.35. The van der Waals surface area contributed by atoms with Gasteiger partial charge in [0, 0.05) is 17.0 Å². The molecule has 0 unspecified atom stereocenters. The number of hydrogen-bond donors (Lipinski definition) is 1. The monoisotopic (exact) mass is 369 g/mol. The number of nitrogens with one attached hydrogen (secondary N) is 1. The third kappa shape index (κ3) is 3.21. The van der Waals surface area contributed by atoms with E-state index in [4.69, 9.17) is 9.05 Å². The molecule has 0 aliphatic heterocycles. The molecule has 0 aliphatic carbocycles. The highest BCUT2D eigenvalue weighted by Crippen LogP contribution is 2.22. The predicted octanol–water partition coefficient (Wildman–Crippen LogP) is 2.80. The lowest BCUT2D eigenvalue weighted by atomic mass is 10.1. The molecule has 9 heteroatoms. The van der Waals surface area contributed by atoms with Crippen molar-refractivity contribution >= 4 is 28.3 Å². The second kappa shape index (κ2) is 6.68. The van der Waals surface area contributed by atoms with Gasteiger partial charge in [-0.05, 0) is 31.4 Å². The fraction of sp³-hybridized carbons (Fsp3) is 0.235. The second-order valence-corrected chi connectivity index (χ2v) is 6.83. The van der Waals surface area contributed by atoms with Gasteiger partial charge in [-0.15, -0.1) is 11.3 Å². The van der Waals surface area contributed by atoms with Crippen LogP contribution in [0.1, 0.15) is 38.3 Å². The van der Waals surface area contributed by atoms with Gasteiger partial charge in [-0.2, -0.15) is 4.98 Å². The molecule has 8 nitrogen and oxygen atoms in total. The lowest BCUT2D eigenvalue weighted by Crippen LogP contribution is -2.23.